The molecule has 1 atom stereocenters. The van der Waals surface area contributed by atoms with E-state index < -0.39 is 0 Å². The van der Waals surface area contributed by atoms with Gasteiger partial charge in [-0.15, -0.1) is 11.6 Å². The van der Waals surface area contributed by atoms with Crippen LogP contribution in [0.15, 0.2) is 0 Å². The summed E-state index contributed by atoms with van der Waals surface area (Å²) in [6.07, 6.45) is 8.02. The summed E-state index contributed by atoms with van der Waals surface area (Å²) in [5.74, 6) is 0.738. The number of nitrogens with zero attached hydrogens (tertiary/aromatic N) is 1. The molecule has 0 saturated carbocycles. The minimum Gasteiger partial charge on any atom is -0.342 e. The molecule has 0 heterocycles. The summed E-state index contributed by atoms with van der Waals surface area (Å²) in [6.45, 7) is 4.19. The number of halogens is 1. The van der Waals surface area contributed by atoms with Gasteiger partial charge in [-0.05, 0) is 13.3 Å². The van der Waals surface area contributed by atoms with Gasteiger partial charge in [0.05, 0.1) is 0 Å². The van der Waals surface area contributed by atoms with Crippen LogP contribution in [0.3, 0.4) is 0 Å². The molecule has 0 saturated heterocycles. The van der Waals surface area contributed by atoms with Crippen LogP contribution >= 0.6 is 11.6 Å². The first kappa shape index (κ1) is 15.8. The second-order valence-electron chi connectivity index (χ2n) is 4.53. The fourth-order valence-electron chi connectivity index (χ4n) is 1.58. The number of carbonyl (C=O) groups is 1. The molecule has 0 aromatic carbocycles. The van der Waals surface area contributed by atoms with E-state index in [9.17, 15) is 4.79 Å². The van der Waals surface area contributed by atoms with Gasteiger partial charge in [0.2, 0.25) is 5.91 Å². The minimum atomic E-state index is 0.147. The third-order valence-corrected chi connectivity index (χ3v) is 3.47. The van der Waals surface area contributed by atoms with Crippen LogP contribution < -0.4 is 0 Å². The topological polar surface area (TPSA) is 20.3 Å². The SMILES string of the molecule is CCCCCCCCC(=O)N(C)C(C)CCl. The van der Waals surface area contributed by atoms with Gasteiger partial charge < -0.3 is 4.90 Å². The summed E-state index contributed by atoms with van der Waals surface area (Å²) in [5, 5.41) is 0. The molecule has 3 heteroatoms. The highest BCUT2D eigenvalue weighted by Crippen LogP contribution is 2.09. The van der Waals surface area contributed by atoms with E-state index in [4.69, 9.17) is 11.6 Å². The molecule has 0 N–H and O–H groups in total. The highest BCUT2D eigenvalue weighted by atomic mass is 35.5. The van der Waals surface area contributed by atoms with E-state index in [1.54, 1.807) is 4.90 Å². The molecule has 0 aromatic heterocycles. The smallest absolute Gasteiger partial charge is 0.222 e. The van der Waals surface area contributed by atoms with Gasteiger partial charge in [0, 0.05) is 25.4 Å². The number of hydrogen-bond acceptors (Lipinski definition) is 1. The van der Waals surface area contributed by atoms with Crippen LogP contribution in [0.1, 0.15) is 58.8 Å². The van der Waals surface area contributed by atoms with Gasteiger partial charge in [-0.2, -0.15) is 0 Å². The van der Waals surface area contributed by atoms with Crippen molar-refractivity contribution >= 4 is 17.5 Å². The van der Waals surface area contributed by atoms with Gasteiger partial charge in [0.1, 0.15) is 0 Å². The zero-order valence-electron chi connectivity index (χ0n) is 11.0. The summed E-state index contributed by atoms with van der Waals surface area (Å²) in [7, 11) is 1.84. The van der Waals surface area contributed by atoms with Crippen LogP contribution in [0, 0.1) is 0 Å². The van der Waals surface area contributed by atoms with E-state index >= 15 is 0 Å². The maximum atomic E-state index is 11.7. The van der Waals surface area contributed by atoms with Crippen molar-refractivity contribution in [1.82, 2.24) is 4.90 Å². The van der Waals surface area contributed by atoms with Crippen molar-refractivity contribution in [3.05, 3.63) is 0 Å². The Morgan fingerprint density at radius 2 is 1.75 bits per heavy atom. The number of hydrogen-bond donors (Lipinski definition) is 0. The predicted octanol–water partition coefficient (Wildman–Crippen LogP) is 3.82. The third-order valence-electron chi connectivity index (χ3n) is 3.02. The van der Waals surface area contributed by atoms with Crippen molar-refractivity contribution in [2.75, 3.05) is 12.9 Å². The van der Waals surface area contributed by atoms with Crippen molar-refractivity contribution in [3.63, 3.8) is 0 Å². The first-order valence-electron chi connectivity index (χ1n) is 6.45. The summed E-state index contributed by atoms with van der Waals surface area (Å²) in [4.78, 5) is 13.5. The summed E-state index contributed by atoms with van der Waals surface area (Å²) >= 11 is 5.72. The molecule has 0 rings (SSSR count). The standard InChI is InChI=1S/C13H26ClNO/c1-4-5-6-7-8-9-10-13(16)15(3)12(2)11-14/h12H,4-11H2,1-3H3. The van der Waals surface area contributed by atoms with Crippen molar-refractivity contribution < 1.29 is 4.79 Å². The van der Waals surface area contributed by atoms with Crippen LogP contribution in [-0.4, -0.2) is 29.8 Å². The van der Waals surface area contributed by atoms with Crippen LogP contribution in [0.5, 0.6) is 0 Å². The molecule has 1 unspecified atom stereocenters. The fourth-order valence-corrected chi connectivity index (χ4v) is 1.79. The Balaban J connectivity index is 3.50. The second kappa shape index (κ2) is 9.95. The van der Waals surface area contributed by atoms with Crippen LogP contribution in [0.4, 0.5) is 0 Å². The van der Waals surface area contributed by atoms with E-state index in [1.165, 1.54) is 32.1 Å². The molecular weight excluding hydrogens is 222 g/mol. The predicted molar refractivity (Wildman–Crippen MR) is 70.9 cm³/mol. The lowest BCUT2D eigenvalue weighted by Gasteiger charge is -2.23. The molecular formula is C13H26ClNO. The molecule has 0 spiro atoms. The van der Waals surface area contributed by atoms with Gasteiger partial charge >= 0.3 is 0 Å². The Morgan fingerprint density at radius 3 is 2.31 bits per heavy atom. The van der Waals surface area contributed by atoms with E-state index in [0.717, 1.165) is 6.42 Å². The second-order valence-corrected chi connectivity index (χ2v) is 4.83. The van der Waals surface area contributed by atoms with Gasteiger partial charge in [0.15, 0.2) is 0 Å². The normalized spacial score (nSPS) is 12.5. The lowest BCUT2D eigenvalue weighted by Crippen LogP contribution is -2.35. The Hall–Kier alpha value is -0.240. The van der Waals surface area contributed by atoms with E-state index in [-0.39, 0.29) is 11.9 Å². The number of carbonyl (C=O) groups excluding carboxylic acids is 1. The maximum absolute atomic E-state index is 11.7. The largest absolute Gasteiger partial charge is 0.342 e. The molecule has 1 amide bonds. The van der Waals surface area contributed by atoms with E-state index in [1.807, 2.05) is 14.0 Å². The van der Waals surface area contributed by atoms with Gasteiger partial charge in [-0.1, -0.05) is 39.0 Å². The molecule has 0 aromatic rings. The Kier molecular flexibility index (Phi) is 9.80. The molecule has 0 bridgehead atoms. The van der Waals surface area contributed by atoms with E-state index in [2.05, 4.69) is 6.92 Å². The maximum Gasteiger partial charge on any atom is 0.222 e. The minimum absolute atomic E-state index is 0.147. The molecule has 0 aliphatic heterocycles. The molecule has 0 aliphatic rings. The number of amides is 1. The van der Waals surface area contributed by atoms with Crippen LogP contribution in [-0.2, 0) is 4.79 Å². The number of unbranched alkanes of at least 4 members (excludes halogenated alkanes) is 5. The summed E-state index contributed by atoms with van der Waals surface area (Å²) in [6, 6.07) is 0.147. The molecule has 16 heavy (non-hydrogen) atoms. The van der Waals surface area contributed by atoms with Crippen molar-refractivity contribution in [3.8, 4) is 0 Å². The molecule has 2 nitrogen and oxygen atoms in total. The van der Waals surface area contributed by atoms with Gasteiger partial charge in [-0.25, -0.2) is 0 Å². The average Bonchev–Trinajstić information content (AvgIpc) is 2.31. The first-order chi connectivity index (χ1) is 7.63. The Bertz CT molecular complexity index is 185. The first-order valence-corrected chi connectivity index (χ1v) is 6.98. The summed E-state index contributed by atoms with van der Waals surface area (Å²) < 4.78 is 0. The lowest BCUT2D eigenvalue weighted by atomic mass is 10.1. The third kappa shape index (κ3) is 7.10. The number of rotatable bonds is 9. The quantitative estimate of drug-likeness (QED) is 0.448. The Morgan fingerprint density at radius 1 is 1.19 bits per heavy atom. The molecule has 0 aliphatic carbocycles. The fraction of sp³-hybridized carbons (Fsp3) is 0.923. The molecule has 0 radical (unpaired) electrons. The highest BCUT2D eigenvalue weighted by molar-refractivity contribution is 6.18. The highest BCUT2D eigenvalue weighted by Gasteiger charge is 2.13. The van der Waals surface area contributed by atoms with Crippen molar-refractivity contribution in [2.24, 2.45) is 0 Å². The molecule has 0 fully saturated rings. The van der Waals surface area contributed by atoms with Crippen molar-refractivity contribution in [1.29, 1.82) is 0 Å². The molecule has 96 valence electrons. The van der Waals surface area contributed by atoms with Crippen LogP contribution in [0.2, 0.25) is 0 Å². The van der Waals surface area contributed by atoms with Crippen molar-refractivity contribution in [2.45, 2.75) is 64.8 Å². The summed E-state index contributed by atoms with van der Waals surface area (Å²) in [5.41, 5.74) is 0. The lowest BCUT2D eigenvalue weighted by molar-refractivity contribution is -0.131. The monoisotopic (exact) mass is 247 g/mol. The zero-order valence-corrected chi connectivity index (χ0v) is 11.7. The Labute approximate surface area is 105 Å². The number of alkyl halides is 1. The average molecular weight is 248 g/mol. The van der Waals surface area contributed by atoms with E-state index in [0.29, 0.717) is 12.3 Å². The van der Waals surface area contributed by atoms with Gasteiger partial charge in [0.25, 0.3) is 0 Å². The zero-order chi connectivity index (χ0) is 12.4. The van der Waals surface area contributed by atoms with Crippen LogP contribution in [0.25, 0.3) is 0 Å². The van der Waals surface area contributed by atoms with Gasteiger partial charge in [-0.3, -0.25) is 4.79 Å².